The number of hydrogen-bond acceptors (Lipinski definition) is 4. The van der Waals surface area contributed by atoms with Crippen LogP contribution in [0.15, 0.2) is 4.42 Å². The van der Waals surface area contributed by atoms with E-state index in [1.807, 2.05) is 5.48 Å². The minimum absolute atomic E-state index is 0.0417. The highest BCUT2D eigenvalue weighted by molar-refractivity contribution is 5.58. The molecule has 1 aromatic heterocycles. The Kier molecular flexibility index (Phi) is 1.55. The van der Waals surface area contributed by atoms with Crippen molar-refractivity contribution in [3.8, 4) is 5.75 Å². The van der Waals surface area contributed by atoms with Gasteiger partial charge in [0.25, 0.3) is 0 Å². The van der Waals surface area contributed by atoms with E-state index in [0.29, 0.717) is 11.5 Å². The first-order valence-electron chi connectivity index (χ1n) is 2.86. The number of aromatic hydroxyl groups is 1. The van der Waals surface area contributed by atoms with E-state index in [1.54, 1.807) is 13.8 Å². The van der Waals surface area contributed by atoms with E-state index in [2.05, 4.69) is 0 Å². The largest absolute Gasteiger partial charge is 0.503 e. The SMILES string of the molecule is Cc1oc(C)c(NO)c1O. The molecule has 1 heterocycles. The van der Waals surface area contributed by atoms with Crippen LogP contribution < -0.4 is 5.48 Å². The predicted molar refractivity (Wildman–Crippen MR) is 35.3 cm³/mol. The van der Waals surface area contributed by atoms with Crippen LogP contribution in [-0.2, 0) is 0 Å². The van der Waals surface area contributed by atoms with Gasteiger partial charge in [0.2, 0.25) is 0 Å². The second-order valence-corrected chi connectivity index (χ2v) is 2.05. The summed E-state index contributed by atoms with van der Waals surface area (Å²) in [7, 11) is 0. The number of hydrogen-bond donors (Lipinski definition) is 3. The summed E-state index contributed by atoms with van der Waals surface area (Å²) in [5.41, 5.74) is 2.07. The van der Waals surface area contributed by atoms with E-state index in [0.717, 1.165) is 0 Å². The quantitative estimate of drug-likeness (QED) is 0.520. The number of anilines is 1. The van der Waals surface area contributed by atoms with Crippen LogP contribution in [0.3, 0.4) is 0 Å². The molecule has 0 radical (unpaired) electrons. The first kappa shape index (κ1) is 6.95. The summed E-state index contributed by atoms with van der Waals surface area (Å²) in [6.07, 6.45) is 0. The molecule has 0 saturated heterocycles. The molecule has 1 rings (SSSR count). The van der Waals surface area contributed by atoms with Gasteiger partial charge in [0.15, 0.2) is 5.75 Å². The Bertz CT molecular complexity index is 241. The van der Waals surface area contributed by atoms with Gasteiger partial charge >= 0.3 is 0 Å². The van der Waals surface area contributed by atoms with Crippen LogP contribution >= 0.6 is 0 Å². The van der Waals surface area contributed by atoms with Gasteiger partial charge in [0, 0.05) is 0 Å². The third kappa shape index (κ3) is 0.823. The van der Waals surface area contributed by atoms with Crippen molar-refractivity contribution in [3.05, 3.63) is 11.5 Å². The molecule has 0 saturated carbocycles. The van der Waals surface area contributed by atoms with Gasteiger partial charge < -0.3 is 9.52 Å². The lowest BCUT2D eigenvalue weighted by Gasteiger charge is -1.93. The molecule has 1 aromatic rings. The average Bonchev–Trinajstić information content (AvgIpc) is 2.09. The summed E-state index contributed by atoms with van der Waals surface area (Å²) in [5, 5.41) is 17.5. The first-order valence-corrected chi connectivity index (χ1v) is 2.86. The zero-order valence-corrected chi connectivity index (χ0v) is 5.80. The topological polar surface area (TPSA) is 65.6 Å². The molecule has 0 unspecified atom stereocenters. The van der Waals surface area contributed by atoms with Crippen LogP contribution in [0.2, 0.25) is 0 Å². The highest BCUT2D eigenvalue weighted by Crippen LogP contribution is 2.32. The van der Waals surface area contributed by atoms with Gasteiger partial charge in [-0.2, -0.15) is 0 Å². The van der Waals surface area contributed by atoms with Gasteiger partial charge in [-0.25, -0.2) is 0 Å². The second-order valence-electron chi connectivity index (χ2n) is 2.05. The Hall–Kier alpha value is -1.16. The molecule has 0 aliphatic rings. The molecule has 0 atom stereocenters. The Labute approximate surface area is 58.0 Å². The van der Waals surface area contributed by atoms with Gasteiger partial charge in [0.05, 0.1) is 0 Å². The highest BCUT2D eigenvalue weighted by atomic mass is 16.5. The van der Waals surface area contributed by atoms with Gasteiger partial charge in [-0.05, 0) is 13.8 Å². The molecule has 0 aliphatic heterocycles. The van der Waals surface area contributed by atoms with Crippen molar-refractivity contribution in [2.75, 3.05) is 5.48 Å². The Morgan fingerprint density at radius 2 is 1.90 bits per heavy atom. The maximum Gasteiger partial charge on any atom is 0.183 e. The summed E-state index contributed by atoms with van der Waals surface area (Å²) in [6, 6.07) is 0. The van der Waals surface area contributed by atoms with Gasteiger partial charge in [-0.3, -0.25) is 10.7 Å². The first-order chi connectivity index (χ1) is 4.66. The molecule has 0 aromatic carbocycles. The molecular weight excluding hydrogens is 134 g/mol. The summed E-state index contributed by atoms with van der Waals surface area (Å²) < 4.78 is 4.96. The van der Waals surface area contributed by atoms with Crippen LogP contribution in [0.25, 0.3) is 0 Å². The van der Waals surface area contributed by atoms with Crippen LogP contribution in [0.4, 0.5) is 5.69 Å². The summed E-state index contributed by atoms with van der Waals surface area (Å²) in [4.78, 5) is 0. The molecule has 0 fully saturated rings. The lowest BCUT2D eigenvalue weighted by atomic mass is 10.3. The number of nitrogens with one attached hydrogen (secondary N) is 1. The van der Waals surface area contributed by atoms with Crippen molar-refractivity contribution >= 4 is 5.69 Å². The molecule has 4 nitrogen and oxygen atoms in total. The summed E-state index contributed by atoms with van der Waals surface area (Å²) >= 11 is 0. The predicted octanol–water partition coefficient (Wildman–Crippen LogP) is 1.40. The van der Waals surface area contributed by atoms with Crippen molar-refractivity contribution < 1.29 is 14.7 Å². The fraction of sp³-hybridized carbons (Fsp3) is 0.333. The minimum atomic E-state index is -0.0417. The monoisotopic (exact) mass is 143 g/mol. The molecule has 0 spiro atoms. The zero-order valence-electron chi connectivity index (χ0n) is 5.80. The van der Waals surface area contributed by atoms with E-state index >= 15 is 0 Å². The fourth-order valence-electron chi connectivity index (χ4n) is 0.803. The van der Waals surface area contributed by atoms with E-state index in [4.69, 9.17) is 14.7 Å². The van der Waals surface area contributed by atoms with Crippen LogP contribution in [0.1, 0.15) is 11.5 Å². The van der Waals surface area contributed by atoms with Crippen molar-refractivity contribution in [2.45, 2.75) is 13.8 Å². The number of furan rings is 1. The highest BCUT2D eigenvalue weighted by Gasteiger charge is 2.11. The smallest absolute Gasteiger partial charge is 0.183 e. The lowest BCUT2D eigenvalue weighted by Crippen LogP contribution is -1.88. The van der Waals surface area contributed by atoms with E-state index in [9.17, 15) is 0 Å². The van der Waals surface area contributed by atoms with E-state index in [-0.39, 0.29) is 11.4 Å². The lowest BCUT2D eigenvalue weighted by molar-refractivity contribution is 0.381. The van der Waals surface area contributed by atoms with E-state index in [1.165, 1.54) is 0 Å². The molecule has 0 aliphatic carbocycles. The van der Waals surface area contributed by atoms with Crippen LogP contribution in [0, 0.1) is 13.8 Å². The molecular formula is C6H9NO3. The van der Waals surface area contributed by atoms with E-state index < -0.39 is 0 Å². The molecule has 3 N–H and O–H groups in total. The maximum absolute atomic E-state index is 9.10. The molecule has 10 heavy (non-hydrogen) atoms. The number of aryl methyl sites for hydroxylation is 2. The van der Waals surface area contributed by atoms with Crippen molar-refractivity contribution in [1.82, 2.24) is 0 Å². The molecule has 0 amide bonds. The van der Waals surface area contributed by atoms with Crippen LogP contribution in [0.5, 0.6) is 5.75 Å². The van der Waals surface area contributed by atoms with Crippen molar-refractivity contribution in [3.63, 3.8) is 0 Å². The Balaban J connectivity index is 3.20. The number of rotatable bonds is 1. The standard InChI is InChI=1S/C6H9NO3/c1-3-5(7-9)6(8)4(2)10-3/h7-9H,1-2H3. The third-order valence-corrected chi connectivity index (χ3v) is 1.34. The molecule has 56 valence electrons. The summed E-state index contributed by atoms with van der Waals surface area (Å²) in [6.45, 7) is 3.26. The second kappa shape index (κ2) is 2.22. The third-order valence-electron chi connectivity index (χ3n) is 1.34. The maximum atomic E-state index is 9.10. The minimum Gasteiger partial charge on any atom is -0.503 e. The fourth-order valence-corrected chi connectivity index (χ4v) is 0.803. The summed E-state index contributed by atoms with van der Waals surface area (Å²) in [5.74, 6) is 0.826. The van der Waals surface area contributed by atoms with Gasteiger partial charge in [0.1, 0.15) is 17.2 Å². The van der Waals surface area contributed by atoms with Gasteiger partial charge in [-0.15, -0.1) is 0 Å². The average molecular weight is 143 g/mol. The van der Waals surface area contributed by atoms with Crippen molar-refractivity contribution in [2.24, 2.45) is 0 Å². The van der Waals surface area contributed by atoms with Crippen molar-refractivity contribution in [1.29, 1.82) is 0 Å². The van der Waals surface area contributed by atoms with Gasteiger partial charge in [-0.1, -0.05) is 0 Å². The molecule has 0 bridgehead atoms. The normalized spacial score (nSPS) is 9.90. The Morgan fingerprint density at radius 1 is 1.30 bits per heavy atom. The zero-order chi connectivity index (χ0) is 7.72. The molecule has 4 heteroatoms. The van der Waals surface area contributed by atoms with Crippen LogP contribution in [-0.4, -0.2) is 10.3 Å². The Morgan fingerprint density at radius 3 is 2.10 bits per heavy atom.